The van der Waals surface area contributed by atoms with E-state index < -0.39 is 17.8 Å². The predicted molar refractivity (Wildman–Crippen MR) is 64.4 cm³/mol. The van der Waals surface area contributed by atoms with E-state index in [-0.39, 0.29) is 16.5 Å². The zero-order valence-electron chi connectivity index (χ0n) is 10.4. The number of nitrogens with one attached hydrogen (secondary N) is 1. The molecule has 0 radical (unpaired) electrons. The van der Waals surface area contributed by atoms with E-state index in [1.807, 2.05) is 0 Å². The van der Waals surface area contributed by atoms with Crippen molar-refractivity contribution in [3.8, 4) is 0 Å². The standard InChI is InChI=1S/C10H9ClF3N5O/c1-18-4-5(11)8(17-18)15-9(20)6-3-7(10(12,13)14)19(2)16-6/h3-4H,1-2H3,(H,15,17,20). The molecule has 0 bridgehead atoms. The Hall–Kier alpha value is -2.03. The lowest BCUT2D eigenvalue weighted by molar-refractivity contribution is -0.143. The summed E-state index contributed by atoms with van der Waals surface area (Å²) in [5.41, 5.74) is -1.39. The first-order valence-corrected chi connectivity index (χ1v) is 5.68. The molecule has 10 heteroatoms. The van der Waals surface area contributed by atoms with E-state index in [9.17, 15) is 18.0 Å². The summed E-state index contributed by atoms with van der Waals surface area (Å²) in [6, 6.07) is 0.659. The van der Waals surface area contributed by atoms with Crippen LogP contribution in [0.5, 0.6) is 0 Å². The van der Waals surface area contributed by atoms with Gasteiger partial charge >= 0.3 is 6.18 Å². The topological polar surface area (TPSA) is 64.7 Å². The number of hydrogen-bond donors (Lipinski definition) is 1. The maximum atomic E-state index is 12.6. The number of hydrogen-bond acceptors (Lipinski definition) is 3. The molecule has 1 amide bonds. The fraction of sp³-hybridized carbons (Fsp3) is 0.300. The van der Waals surface area contributed by atoms with Crippen molar-refractivity contribution in [1.29, 1.82) is 0 Å². The minimum atomic E-state index is -4.58. The number of rotatable bonds is 2. The van der Waals surface area contributed by atoms with Crippen molar-refractivity contribution in [2.45, 2.75) is 6.18 Å². The maximum absolute atomic E-state index is 12.6. The molecule has 2 aromatic heterocycles. The molecule has 0 saturated carbocycles. The number of carbonyl (C=O) groups is 1. The molecular weight excluding hydrogens is 299 g/mol. The van der Waals surface area contributed by atoms with Crippen LogP contribution in [-0.4, -0.2) is 25.5 Å². The first-order valence-electron chi connectivity index (χ1n) is 5.30. The first kappa shape index (κ1) is 14.4. The molecule has 0 aliphatic heterocycles. The van der Waals surface area contributed by atoms with Gasteiger partial charge in [0.05, 0.1) is 0 Å². The van der Waals surface area contributed by atoms with Gasteiger partial charge in [-0.3, -0.25) is 14.2 Å². The average Bonchev–Trinajstić information content (AvgIpc) is 2.82. The Balaban J connectivity index is 2.24. The number of nitrogens with zero attached hydrogens (tertiary/aromatic N) is 4. The number of aryl methyl sites for hydroxylation is 2. The summed E-state index contributed by atoms with van der Waals surface area (Å²) >= 11 is 5.78. The molecule has 0 fully saturated rings. The van der Waals surface area contributed by atoms with Crippen molar-refractivity contribution < 1.29 is 18.0 Å². The molecule has 0 atom stereocenters. The fourth-order valence-corrected chi connectivity index (χ4v) is 1.79. The van der Waals surface area contributed by atoms with E-state index >= 15 is 0 Å². The van der Waals surface area contributed by atoms with Gasteiger partial charge in [-0.2, -0.15) is 23.4 Å². The molecule has 2 heterocycles. The van der Waals surface area contributed by atoms with E-state index in [1.54, 1.807) is 7.05 Å². The minimum Gasteiger partial charge on any atom is -0.302 e. The number of anilines is 1. The third-order valence-electron chi connectivity index (χ3n) is 2.42. The monoisotopic (exact) mass is 307 g/mol. The second-order valence-corrected chi connectivity index (χ2v) is 4.40. The fourth-order valence-electron chi connectivity index (χ4n) is 1.56. The third kappa shape index (κ3) is 2.77. The molecule has 0 saturated heterocycles. The van der Waals surface area contributed by atoms with Gasteiger partial charge < -0.3 is 5.32 Å². The zero-order chi connectivity index (χ0) is 15.1. The van der Waals surface area contributed by atoms with Crippen LogP contribution in [0.1, 0.15) is 16.2 Å². The quantitative estimate of drug-likeness (QED) is 0.924. The molecule has 20 heavy (non-hydrogen) atoms. The van der Waals surface area contributed by atoms with Gasteiger partial charge in [0, 0.05) is 26.4 Å². The van der Waals surface area contributed by atoms with Crippen LogP contribution in [0.15, 0.2) is 12.3 Å². The van der Waals surface area contributed by atoms with Crippen LogP contribution in [0.4, 0.5) is 19.0 Å². The van der Waals surface area contributed by atoms with Crippen LogP contribution in [0.25, 0.3) is 0 Å². The van der Waals surface area contributed by atoms with Gasteiger partial charge in [-0.1, -0.05) is 11.6 Å². The summed E-state index contributed by atoms with van der Waals surface area (Å²) in [6.07, 6.45) is -3.14. The van der Waals surface area contributed by atoms with E-state index in [4.69, 9.17) is 11.6 Å². The van der Waals surface area contributed by atoms with Crippen LogP contribution in [-0.2, 0) is 20.3 Å². The van der Waals surface area contributed by atoms with Gasteiger partial charge in [-0.05, 0) is 0 Å². The average molecular weight is 308 g/mol. The maximum Gasteiger partial charge on any atom is 0.433 e. The summed E-state index contributed by atoms with van der Waals surface area (Å²) in [5, 5.41) is 9.83. The number of amides is 1. The lowest BCUT2D eigenvalue weighted by atomic mass is 10.3. The SMILES string of the molecule is Cn1cc(Cl)c(NC(=O)c2cc(C(F)(F)F)n(C)n2)n1. The van der Waals surface area contributed by atoms with Crippen LogP contribution < -0.4 is 5.32 Å². The van der Waals surface area contributed by atoms with Crippen molar-refractivity contribution in [2.24, 2.45) is 14.1 Å². The molecule has 0 aromatic carbocycles. The van der Waals surface area contributed by atoms with E-state index in [1.165, 1.54) is 10.9 Å². The van der Waals surface area contributed by atoms with Crippen LogP contribution in [0.2, 0.25) is 5.02 Å². The zero-order valence-corrected chi connectivity index (χ0v) is 11.1. The highest BCUT2D eigenvalue weighted by molar-refractivity contribution is 6.33. The lowest BCUT2D eigenvalue weighted by Gasteiger charge is -2.04. The van der Waals surface area contributed by atoms with Gasteiger partial charge in [0.25, 0.3) is 5.91 Å². The predicted octanol–water partition coefficient (Wildman–Crippen LogP) is 2.08. The van der Waals surface area contributed by atoms with E-state index in [0.717, 1.165) is 7.05 Å². The Morgan fingerprint density at radius 2 is 2.00 bits per heavy atom. The normalized spacial score (nSPS) is 11.7. The van der Waals surface area contributed by atoms with E-state index in [2.05, 4.69) is 15.5 Å². The van der Waals surface area contributed by atoms with Crippen molar-refractivity contribution in [2.75, 3.05) is 5.32 Å². The molecule has 108 valence electrons. The summed E-state index contributed by atoms with van der Waals surface area (Å²) in [5.74, 6) is -0.768. The van der Waals surface area contributed by atoms with E-state index in [0.29, 0.717) is 10.7 Å². The van der Waals surface area contributed by atoms with Crippen molar-refractivity contribution in [1.82, 2.24) is 19.6 Å². The second kappa shape index (κ2) is 4.82. The van der Waals surface area contributed by atoms with Gasteiger partial charge in [0.2, 0.25) is 0 Å². The van der Waals surface area contributed by atoms with Gasteiger partial charge in [-0.25, -0.2) is 0 Å². The number of aromatic nitrogens is 4. The minimum absolute atomic E-state index is 0.0541. The second-order valence-electron chi connectivity index (χ2n) is 3.99. The highest BCUT2D eigenvalue weighted by Crippen LogP contribution is 2.29. The van der Waals surface area contributed by atoms with Gasteiger partial charge in [-0.15, -0.1) is 0 Å². The van der Waals surface area contributed by atoms with Gasteiger partial charge in [0.1, 0.15) is 10.7 Å². The largest absolute Gasteiger partial charge is 0.433 e. The summed E-state index contributed by atoms with van der Waals surface area (Å²) < 4.78 is 39.7. The highest BCUT2D eigenvalue weighted by Gasteiger charge is 2.35. The highest BCUT2D eigenvalue weighted by atomic mass is 35.5. The number of halogens is 4. The summed E-state index contributed by atoms with van der Waals surface area (Å²) in [7, 11) is 2.69. The van der Waals surface area contributed by atoms with Crippen molar-refractivity contribution in [3.63, 3.8) is 0 Å². The van der Waals surface area contributed by atoms with Crippen LogP contribution in [0.3, 0.4) is 0 Å². The van der Waals surface area contributed by atoms with Crippen molar-refractivity contribution >= 4 is 23.3 Å². The Morgan fingerprint density at radius 3 is 2.45 bits per heavy atom. The smallest absolute Gasteiger partial charge is 0.302 e. The molecule has 2 rings (SSSR count). The molecular formula is C10H9ClF3N5O. The molecule has 2 aromatic rings. The molecule has 0 spiro atoms. The molecule has 6 nitrogen and oxygen atoms in total. The Bertz CT molecular complexity index is 660. The molecule has 0 unspecified atom stereocenters. The molecule has 1 N–H and O–H groups in total. The third-order valence-corrected chi connectivity index (χ3v) is 2.70. The van der Waals surface area contributed by atoms with Crippen molar-refractivity contribution in [3.05, 3.63) is 28.7 Å². The van der Waals surface area contributed by atoms with Crippen LogP contribution in [0, 0.1) is 0 Å². The lowest BCUT2D eigenvalue weighted by Crippen LogP contribution is -2.14. The van der Waals surface area contributed by atoms with Gasteiger partial charge in [0.15, 0.2) is 11.5 Å². The number of carbonyl (C=O) groups excluding carboxylic acids is 1. The Kier molecular flexibility index (Phi) is 3.46. The Labute approximate surface area is 116 Å². The Morgan fingerprint density at radius 1 is 1.35 bits per heavy atom. The van der Waals surface area contributed by atoms with Crippen LogP contribution >= 0.6 is 11.6 Å². The number of alkyl halides is 3. The summed E-state index contributed by atoms with van der Waals surface area (Å²) in [4.78, 5) is 11.8. The molecule has 0 aliphatic carbocycles. The first-order chi connectivity index (χ1) is 9.18. The summed E-state index contributed by atoms with van der Waals surface area (Å²) in [6.45, 7) is 0. The molecule has 0 aliphatic rings.